The van der Waals surface area contributed by atoms with Crippen LogP contribution >= 0.6 is 0 Å². The third-order valence-electron chi connectivity index (χ3n) is 2.90. The molecule has 23 heavy (non-hydrogen) atoms. The van der Waals surface area contributed by atoms with Crippen molar-refractivity contribution in [2.75, 3.05) is 0 Å². The van der Waals surface area contributed by atoms with Crippen molar-refractivity contribution < 1.29 is 28.0 Å². The zero-order valence-corrected chi connectivity index (χ0v) is 12.0. The van der Waals surface area contributed by atoms with Crippen LogP contribution in [-0.4, -0.2) is 15.8 Å². The number of nitrogens with zero attached hydrogens (tertiary/aromatic N) is 2. The van der Waals surface area contributed by atoms with Crippen LogP contribution in [-0.2, 0) is 11.0 Å². The Kier molecular flexibility index (Phi) is 5.11. The van der Waals surface area contributed by atoms with Crippen molar-refractivity contribution in [2.24, 2.45) is 5.92 Å². The summed E-state index contributed by atoms with van der Waals surface area (Å²) >= 11 is 0. The molecule has 1 rings (SSSR count). The van der Waals surface area contributed by atoms with Gasteiger partial charge in [-0.05, 0) is 12.1 Å². The Hall–Kier alpha value is -2.89. The Morgan fingerprint density at radius 3 is 2.35 bits per heavy atom. The van der Waals surface area contributed by atoms with Crippen molar-refractivity contribution in [3.05, 3.63) is 45.0 Å². The number of nitriles is 1. The van der Waals surface area contributed by atoms with Gasteiger partial charge in [-0.2, -0.15) is 18.4 Å². The van der Waals surface area contributed by atoms with Gasteiger partial charge < -0.3 is 5.11 Å². The maximum Gasteiger partial charge on any atom is 0.416 e. The molecule has 0 heterocycles. The molecular weight excluding hydrogens is 317 g/mol. The summed E-state index contributed by atoms with van der Waals surface area (Å²) in [5.74, 6) is -2.48. The normalized spacial score (nSPS) is 12.6. The summed E-state index contributed by atoms with van der Waals surface area (Å²) in [6, 6.07) is 2.84. The maximum absolute atomic E-state index is 12.6. The number of benzene rings is 1. The minimum Gasteiger partial charge on any atom is -0.506 e. The number of alkyl halides is 3. The number of nitro groups is 1. The number of nitro benzene ring substituents is 1. The van der Waals surface area contributed by atoms with Crippen molar-refractivity contribution in [3.63, 3.8) is 0 Å². The third-order valence-corrected chi connectivity index (χ3v) is 2.90. The molecule has 1 aromatic rings. The second-order valence-electron chi connectivity index (χ2n) is 4.84. The van der Waals surface area contributed by atoms with Gasteiger partial charge in [0.1, 0.15) is 11.6 Å². The average molecular weight is 328 g/mol. The first-order chi connectivity index (χ1) is 10.5. The van der Waals surface area contributed by atoms with Gasteiger partial charge in [0, 0.05) is 12.0 Å². The van der Waals surface area contributed by atoms with Crippen LogP contribution in [0.4, 0.5) is 18.9 Å². The summed E-state index contributed by atoms with van der Waals surface area (Å²) in [5.41, 5.74) is -3.72. The fourth-order valence-electron chi connectivity index (χ4n) is 1.71. The standard InChI is InChI=1S/C14H11F3N2O4/c1-7(2)12(20)10(6-18)13(21)9-4-3-8(14(15,16)17)5-11(9)19(22)23/h3-5,7,21H,1-2H3. The van der Waals surface area contributed by atoms with Crippen molar-refractivity contribution in [1.29, 1.82) is 5.26 Å². The smallest absolute Gasteiger partial charge is 0.416 e. The molecule has 0 spiro atoms. The zero-order valence-electron chi connectivity index (χ0n) is 12.0. The second-order valence-corrected chi connectivity index (χ2v) is 4.84. The number of carbonyl (C=O) groups excluding carboxylic acids is 1. The van der Waals surface area contributed by atoms with Crippen molar-refractivity contribution in [3.8, 4) is 6.07 Å². The van der Waals surface area contributed by atoms with E-state index in [1.165, 1.54) is 19.9 Å². The van der Waals surface area contributed by atoms with Crippen LogP contribution in [0.5, 0.6) is 0 Å². The number of halogens is 3. The number of ketones is 1. The van der Waals surface area contributed by atoms with E-state index < -0.39 is 50.9 Å². The number of allylic oxidation sites excluding steroid dienone is 1. The first kappa shape index (κ1) is 18.2. The monoisotopic (exact) mass is 328 g/mol. The number of hydrogen-bond acceptors (Lipinski definition) is 5. The molecule has 0 aromatic heterocycles. The van der Waals surface area contributed by atoms with Gasteiger partial charge in [-0.1, -0.05) is 13.8 Å². The molecule has 0 fully saturated rings. The van der Waals surface area contributed by atoms with E-state index >= 15 is 0 Å². The summed E-state index contributed by atoms with van der Waals surface area (Å²) in [7, 11) is 0. The zero-order chi connectivity index (χ0) is 17.9. The fraction of sp³-hybridized carbons (Fsp3) is 0.286. The predicted octanol–water partition coefficient (Wildman–Crippen LogP) is 3.63. The second kappa shape index (κ2) is 6.48. The lowest BCUT2D eigenvalue weighted by Crippen LogP contribution is -2.12. The molecule has 0 unspecified atom stereocenters. The molecule has 0 aliphatic carbocycles. The Labute approximate surface area is 128 Å². The summed E-state index contributed by atoms with van der Waals surface area (Å²) in [6.45, 7) is 2.88. The van der Waals surface area contributed by atoms with E-state index in [4.69, 9.17) is 5.26 Å². The number of carbonyl (C=O) groups is 1. The third kappa shape index (κ3) is 3.85. The predicted molar refractivity (Wildman–Crippen MR) is 73.1 cm³/mol. The van der Waals surface area contributed by atoms with Crippen LogP contribution in [0.2, 0.25) is 0 Å². The lowest BCUT2D eigenvalue weighted by molar-refractivity contribution is -0.385. The quantitative estimate of drug-likeness (QED) is 0.299. The molecule has 6 nitrogen and oxygen atoms in total. The van der Waals surface area contributed by atoms with Gasteiger partial charge in [-0.3, -0.25) is 14.9 Å². The van der Waals surface area contributed by atoms with Gasteiger partial charge in [0.15, 0.2) is 11.5 Å². The average Bonchev–Trinajstić information content (AvgIpc) is 2.45. The van der Waals surface area contributed by atoms with E-state index in [2.05, 4.69) is 0 Å². The Balaban J connectivity index is 3.63. The van der Waals surface area contributed by atoms with Gasteiger partial charge in [0.25, 0.3) is 5.69 Å². The first-order valence-corrected chi connectivity index (χ1v) is 6.24. The number of Topliss-reactive ketones (excluding diaryl/α,β-unsaturated/α-hetero) is 1. The van der Waals surface area contributed by atoms with Crippen LogP contribution in [0, 0.1) is 27.4 Å². The molecule has 1 N–H and O–H groups in total. The highest BCUT2D eigenvalue weighted by molar-refractivity contribution is 6.06. The molecular formula is C14H11F3N2O4. The summed E-state index contributed by atoms with van der Waals surface area (Å²) in [6.07, 6.45) is -4.81. The Morgan fingerprint density at radius 1 is 1.39 bits per heavy atom. The molecule has 0 aliphatic heterocycles. The van der Waals surface area contributed by atoms with E-state index in [9.17, 15) is 33.2 Å². The molecule has 0 atom stereocenters. The molecule has 0 amide bonds. The van der Waals surface area contributed by atoms with Gasteiger partial charge in [-0.25, -0.2) is 0 Å². The lowest BCUT2D eigenvalue weighted by Gasteiger charge is -2.10. The maximum atomic E-state index is 12.6. The molecule has 0 saturated heterocycles. The van der Waals surface area contributed by atoms with Crippen LogP contribution in [0.25, 0.3) is 5.76 Å². The molecule has 0 aliphatic rings. The van der Waals surface area contributed by atoms with Crippen LogP contribution in [0.3, 0.4) is 0 Å². The summed E-state index contributed by atoms with van der Waals surface area (Å²) < 4.78 is 37.9. The van der Waals surface area contributed by atoms with E-state index in [-0.39, 0.29) is 6.07 Å². The van der Waals surface area contributed by atoms with E-state index in [0.717, 1.165) is 0 Å². The molecule has 0 radical (unpaired) electrons. The van der Waals surface area contributed by atoms with Crippen LogP contribution in [0.15, 0.2) is 23.8 Å². The fourth-order valence-corrected chi connectivity index (χ4v) is 1.71. The lowest BCUT2D eigenvalue weighted by atomic mass is 9.97. The van der Waals surface area contributed by atoms with Crippen LogP contribution in [0.1, 0.15) is 25.0 Å². The summed E-state index contributed by atoms with van der Waals surface area (Å²) in [4.78, 5) is 21.6. The largest absolute Gasteiger partial charge is 0.506 e. The highest BCUT2D eigenvalue weighted by Crippen LogP contribution is 2.35. The van der Waals surface area contributed by atoms with E-state index in [0.29, 0.717) is 12.1 Å². The van der Waals surface area contributed by atoms with Crippen molar-refractivity contribution in [2.45, 2.75) is 20.0 Å². The molecule has 1 aromatic carbocycles. The van der Waals surface area contributed by atoms with Gasteiger partial charge in [-0.15, -0.1) is 0 Å². The van der Waals surface area contributed by atoms with E-state index in [1.54, 1.807) is 0 Å². The van der Waals surface area contributed by atoms with Crippen molar-refractivity contribution >= 4 is 17.2 Å². The Morgan fingerprint density at radius 2 is 1.96 bits per heavy atom. The number of rotatable bonds is 4. The highest BCUT2D eigenvalue weighted by atomic mass is 19.4. The SMILES string of the molecule is CC(C)C(=O)C(C#N)=C(O)c1ccc(C(F)(F)F)cc1[N+](=O)[O-]. The topological polar surface area (TPSA) is 104 Å². The minimum atomic E-state index is -4.81. The summed E-state index contributed by atoms with van der Waals surface area (Å²) in [5, 5.41) is 29.9. The minimum absolute atomic E-state index is 0.237. The number of aliphatic hydroxyl groups excluding tert-OH is 1. The van der Waals surface area contributed by atoms with Crippen LogP contribution < -0.4 is 0 Å². The first-order valence-electron chi connectivity index (χ1n) is 6.24. The number of hydrogen-bond donors (Lipinski definition) is 1. The van der Waals surface area contributed by atoms with E-state index in [1.807, 2.05) is 0 Å². The number of aliphatic hydroxyl groups is 1. The van der Waals surface area contributed by atoms with Crippen molar-refractivity contribution in [1.82, 2.24) is 0 Å². The van der Waals surface area contributed by atoms with Gasteiger partial charge >= 0.3 is 6.18 Å². The molecule has 0 saturated carbocycles. The van der Waals surface area contributed by atoms with Gasteiger partial charge in [0.2, 0.25) is 0 Å². The molecule has 9 heteroatoms. The highest BCUT2D eigenvalue weighted by Gasteiger charge is 2.34. The Bertz CT molecular complexity index is 731. The van der Waals surface area contributed by atoms with Gasteiger partial charge in [0.05, 0.1) is 16.1 Å². The molecule has 122 valence electrons. The molecule has 0 bridgehead atoms.